The summed E-state index contributed by atoms with van der Waals surface area (Å²) in [6, 6.07) is 8.92. The van der Waals surface area contributed by atoms with E-state index < -0.39 is 10.8 Å². The molecule has 0 spiro atoms. The number of non-ortho nitro benzene ring substituents is 1. The van der Waals surface area contributed by atoms with E-state index in [1.807, 2.05) is 0 Å². The van der Waals surface area contributed by atoms with Gasteiger partial charge in [0.2, 0.25) is 0 Å². The molecular weight excluding hydrogens is 330 g/mol. The van der Waals surface area contributed by atoms with E-state index in [1.54, 1.807) is 12.1 Å². The minimum Gasteiger partial charge on any atom is -0.497 e. The molecule has 0 bridgehead atoms. The van der Waals surface area contributed by atoms with Crippen LogP contribution in [0.25, 0.3) is 11.3 Å². The van der Waals surface area contributed by atoms with E-state index in [1.165, 1.54) is 31.4 Å². The Labute approximate surface area is 140 Å². The van der Waals surface area contributed by atoms with Crippen molar-refractivity contribution in [2.45, 2.75) is 0 Å². The number of pyridine rings is 1. The smallest absolute Gasteiger partial charge is 0.276 e. The number of nitrogens with one attached hydrogen (secondary N) is 2. The summed E-state index contributed by atoms with van der Waals surface area (Å²) in [4.78, 5) is 26.9. The van der Waals surface area contributed by atoms with Crippen molar-refractivity contribution in [3.05, 3.63) is 52.2 Å². The number of aromatic amines is 1. The maximum Gasteiger partial charge on any atom is 0.276 e. The Balaban J connectivity index is 1.99. The third-order valence-corrected chi connectivity index (χ3v) is 3.19. The summed E-state index contributed by atoms with van der Waals surface area (Å²) in [7, 11) is 1.44. The van der Waals surface area contributed by atoms with Gasteiger partial charge in [-0.2, -0.15) is 5.21 Å². The van der Waals surface area contributed by atoms with Gasteiger partial charge in [-0.15, -0.1) is 5.10 Å². The van der Waals surface area contributed by atoms with Gasteiger partial charge in [0.15, 0.2) is 0 Å². The van der Waals surface area contributed by atoms with Crippen molar-refractivity contribution in [3.63, 3.8) is 0 Å². The summed E-state index contributed by atoms with van der Waals surface area (Å²) in [6.07, 6.45) is 0. The highest BCUT2D eigenvalue weighted by Crippen LogP contribution is 2.26. The van der Waals surface area contributed by atoms with Gasteiger partial charge in [0.25, 0.3) is 17.5 Å². The van der Waals surface area contributed by atoms with Crippen LogP contribution >= 0.6 is 0 Å². The molecule has 2 aromatic heterocycles. The third kappa shape index (κ3) is 3.55. The van der Waals surface area contributed by atoms with Crippen LogP contribution in [0.2, 0.25) is 0 Å². The van der Waals surface area contributed by atoms with Gasteiger partial charge >= 0.3 is 0 Å². The average molecular weight is 341 g/mol. The molecule has 0 aliphatic carbocycles. The van der Waals surface area contributed by atoms with Gasteiger partial charge in [-0.25, -0.2) is 4.98 Å². The van der Waals surface area contributed by atoms with Crippen molar-refractivity contribution in [2.75, 3.05) is 12.4 Å². The summed E-state index contributed by atoms with van der Waals surface area (Å²) in [5.41, 5.74) is 0.772. The maximum atomic E-state index is 12.3. The predicted molar refractivity (Wildman–Crippen MR) is 85.0 cm³/mol. The second-order valence-electron chi connectivity index (χ2n) is 4.77. The number of nitrogens with zero attached hydrogens (tertiary/aromatic N) is 5. The molecule has 1 aromatic carbocycles. The lowest BCUT2D eigenvalue weighted by molar-refractivity contribution is -0.384. The number of anilines is 1. The normalized spacial score (nSPS) is 10.3. The SMILES string of the molecule is COc1cc(C(=O)Nc2nn[nH]n2)nc(-c2cccc([N+](=O)[O-])c2)c1. The van der Waals surface area contributed by atoms with Crippen LogP contribution < -0.4 is 10.1 Å². The quantitative estimate of drug-likeness (QED) is 0.523. The zero-order chi connectivity index (χ0) is 17.8. The van der Waals surface area contributed by atoms with Crippen LogP contribution in [-0.4, -0.2) is 43.5 Å². The first kappa shape index (κ1) is 16.0. The number of methoxy groups -OCH3 is 1. The number of aromatic nitrogens is 5. The number of nitro benzene ring substituents is 1. The fourth-order valence-corrected chi connectivity index (χ4v) is 2.05. The van der Waals surface area contributed by atoms with E-state index in [-0.39, 0.29) is 17.3 Å². The molecule has 3 rings (SSSR count). The van der Waals surface area contributed by atoms with Crippen LogP contribution in [0.5, 0.6) is 5.75 Å². The van der Waals surface area contributed by atoms with Gasteiger partial charge in [0, 0.05) is 29.8 Å². The Bertz CT molecular complexity index is 927. The number of carbonyl (C=O) groups excluding carboxylic acids is 1. The summed E-state index contributed by atoms with van der Waals surface area (Å²) < 4.78 is 5.18. The van der Waals surface area contributed by atoms with Crippen molar-refractivity contribution >= 4 is 17.5 Å². The number of tetrazole rings is 1. The van der Waals surface area contributed by atoms with Gasteiger partial charge in [0.05, 0.1) is 17.7 Å². The lowest BCUT2D eigenvalue weighted by Crippen LogP contribution is -2.15. The Morgan fingerprint density at radius 3 is 2.84 bits per heavy atom. The summed E-state index contributed by atoms with van der Waals surface area (Å²) in [6.45, 7) is 0. The van der Waals surface area contributed by atoms with Crippen molar-refractivity contribution < 1.29 is 14.5 Å². The van der Waals surface area contributed by atoms with Crippen molar-refractivity contribution in [1.82, 2.24) is 25.6 Å². The van der Waals surface area contributed by atoms with Crippen molar-refractivity contribution in [2.24, 2.45) is 0 Å². The predicted octanol–water partition coefficient (Wildman–Crippen LogP) is 1.43. The topological polar surface area (TPSA) is 149 Å². The van der Waals surface area contributed by atoms with Gasteiger partial charge in [0.1, 0.15) is 11.4 Å². The highest BCUT2D eigenvalue weighted by molar-refractivity contribution is 6.02. The van der Waals surface area contributed by atoms with Crippen LogP contribution in [0.3, 0.4) is 0 Å². The molecule has 0 unspecified atom stereocenters. The molecular formula is C14H11N7O4. The second kappa shape index (κ2) is 6.70. The molecule has 0 aliphatic rings. The van der Waals surface area contributed by atoms with Gasteiger partial charge in [-0.05, 0) is 5.21 Å². The van der Waals surface area contributed by atoms with Gasteiger partial charge < -0.3 is 4.74 Å². The third-order valence-electron chi connectivity index (χ3n) is 3.19. The molecule has 11 heteroatoms. The van der Waals surface area contributed by atoms with E-state index in [2.05, 4.69) is 30.9 Å². The van der Waals surface area contributed by atoms with E-state index in [0.29, 0.717) is 17.0 Å². The van der Waals surface area contributed by atoms with Crippen LogP contribution in [-0.2, 0) is 0 Å². The zero-order valence-electron chi connectivity index (χ0n) is 12.8. The molecule has 2 heterocycles. The summed E-state index contributed by atoms with van der Waals surface area (Å²) in [5.74, 6) is -0.215. The molecule has 0 radical (unpaired) electrons. The number of hydrogen-bond donors (Lipinski definition) is 2. The number of H-pyrrole nitrogens is 1. The summed E-state index contributed by atoms with van der Waals surface area (Å²) >= 11 is 0. The molecule has 0 atom stereocenters. The number of rotatable bonds is 5. The molecule has 2 N–H and O–H groups in total. The number of ether oxygens (including phenoxy) is 1. The number of hydrogen-bond acceptors (Lipinski definition) is 8. The fraction of sp³-hybridized carbons (Fsp3) is 0.0714. The van der Waals surface area contributed by atoms with E-state index in [4.69, 9.17) is 4.74 Å². The maximum absolute atomic E-state index is 12.3. The Kier molecular flexibility index (Phi) is 4.28. The molecule has 25 heavy (non-hydrogen) atoms. The van der Waals surface area contributed by atoms with E-state index >= 15 is 0 Å². The first-order valence-corrected chi connectivity index (χ1v) is 6.92. The Morgan fingerprint density at radius 2 is 2.16 bits per heavy atom. The molecule has 0 aliphatic heterocycles. The molecule has 126 valence electrons. The molecule has 1 amide bonds. The lowest BCUT2D eigenvalue weighted by Gasteiger charge is -2.08. The van der Waals surface area contributed by atoms with E-state index in [0.717, 1.165) is 0 Å². The minimum absolute atomic E-state index is 0.00785. The largest absolute Gasteiger partial charge is 0.497 e. The number of carbonyl (C=O) groups is 1. The molecule has 0 saturated heterocycles. The standard InChI is InChI=1S/C14H11N7O4/c1-25-10-6-11(8-3-2-4-9(5-8)21(23)24)15-12(7-10)13(22)16-14-17-19-20-18-14/h2-7H,1H3,(H2,16,17,18,19,20,22). The molecule has 0 fully saturated rings. The number of nitro groups is 1. The first-order chi connectivity index (χ1) is 12.1. The van der Waals surface area contributed by atoms with Crippen molar-refractivity contribution in [3.8, 4) is 17.0 Å². The van der Waals surface area contributed by atoms with Crippen LogP contribution in [0.4, 0.5) is 11.6 Å². The second-order valence-corrected chi connectivity index (χ2v) is 4.77. The Morgan fingerprint density at radius 1 is 1.32 bits per heavy atom. The van der Waals surface area contributed by atoms with Crippen LogP contribution in [0.1, 0.15) is 10.5 Å². The molecule has 11 nitrogen and oxygen atoms in total. The van der Waals surface area contributed by atoms with Crippen molar-refractivity contribution in [1.29, 1.82) is 0 Å². The number of amides is 1. The highest BCUT2D eigenvalue weighted by atomic mass is 16.6. The lowest BCUT2D eigenvalue weighted by atomic mass is 10.1. The fourth-order valence-electron chi connectivity index (χ4n) is 2.05. The monoisotopic (exact) mass is 341 g/mol. The van der Waals surface area contributed by atoms with E-state index in [9.17, 15) is 14.9 Å². The van der Waals surface area contributed by atoms with Crippen LogP contribution in [0, 0.1) is 10.1 Å². The van der Waals surface area contributed by atoms with Crippen LogP contribution in [0.15, 0.2) is 36.4 Å². The molecule has 3 aromatic rings. The minimum atomic E-state index is -0.577. The average Bonchev–Trinajstić information content (AvgIpc) is 3.14. The highest BCUT2D eigenvalue weighted by Gasteiger charge is 2.15. The van der Waals surface area contributed by atoms with Gasteiger partial charge in [-0.3, -0.25) is 20.2 Å². The van der Waals surface area contributed by atoms with Gasteiger partial charge in [-0.1, -0.05) is 17.2 Å². The number of benzene rings is 1. The molecule has 0 saturated carbocycles. The first-order valence-electron chi connectivity index (χ1n) is 6.92. The summed E-state index contributed by atoms with van der Waals surface area (Å²) in [5, 5.41) is 26.1. The zero-order valence-corrected chi connectivity index (χ0v) is 12.8. The Hall–Kier alpha value is -3.89.